The number of carbonyl (C=O) groups is 3. The molecule has 8 heteroatoms. The summed E-state index contributed by atoms with van der Waals surface area (Å²) in [6, 6.07) is 19.3. The number of rotatable bonds is 4. The van der Waals surface area contributed by atoms with E-state index in [1.165, 1.54) is 6.07 Å². The Bertz CT molecular complexity index is 1140. The van der Waals surface area contributed by atoms with Gasteiger partial charge in [-0.1, -0.05) is 48.5 Å². The number of esters is 1. The first-order chi connectivity index (χ1) is 15.5. The minimum Gasteiger partial charge on any atom is -0.506 e. The fourth-order valence-corrected chi connectivity index (χ4v) is 3.60. The molecule has 3 aromatic rings. The molecule has 1 aliphatic rings. The molecule has 0 bridgehead atoms. The van der Waals surface area contributed by atoms with Gasteiger partial charge in [-0.3, -0.25) is 4.79 Å². The first kappa shape index (κ1) is 21.2. The van der Waals surface area contributed by atoms with Gasteiger partial charge in [-0.2, -0.15) is 0 Å². The topological polar surface area (TPSA) is 99.2 Å². The zero-order chi connectivity index (χ0) is 22.5. The van der Waals surface area contributed by atoms with Crippen LogP contribution in [0.1, 0.15) is 10.4 Å². The van der Waals surface area contributed by atoms with Gasteiger partial charge in [0.2, 0.25) is 0 Å². The summed E-state index contributed by atoms with van der Waals surface area (Å²) in [6.07, 6.45) is 0. The lowest BCUT2D eigenvalue weighted by Crippen LogP contribution is -2.52. The van der Waals surface area contributed by atoms with Crippen LogP contribution < -0.4 is 5.32 Å². The lowest BCUT2D eigenvalue weighted by atomic mass is 10.1. The molecule has 0 spiro atoms. The van der Waals surface area contributed by atoms with Crippen LogP contribution in [0.15, 0.2) is 66.7 Å². The monoisotopic (exact) mass is 433 g/mol. The lowest BCUT2D eigenvalue weighted by Gasteiger charge is -2.34. The Morgan fingerprint density at radius 2 is 1.50 bits per heavy atom. The molecule has 0 aromatic heterocycles. The quantitative estimate of drug-likeness (QED) is 0.616. The smallest absolute Gasteiger partial charge is 0.342 e. The van der Waals surface area contributed by atoms with Gasteiger partial charge in [0.15, 0.2) is 6.61 Å². The second kappa shape index (κ2) is 9.38. The van der Waals surface area contributed by atoms with Crippen LogP contribution in [0.3, 0.4) is 0 Å². The highest BCUT2D eigenvalue weighted by Gasteiger charge is 2.25. The number of piperazine rings is 1. The summed E-state index contributed by atoms with van der Waals surface area (Å²) in [7, 11) is 0. The maximum atomic E-state index is 12.5. The maximum absolute atomic E-state index is 12.5. The molecule has 164 valence electrons. The predicted molar refractivity (Wildman–Crippen MR) is 120 cm³/mol. The normalized spacial score (nSPS) is 13.6. The third kappa shape index (κ3) is 4.64. The van der Waals surface area contributed by atoms with Gasteiger partial charge in [-0.25, -0.2) is 9.59 Å². The Labute approximate surface area is 185 Å². The van der Waals surface area contributed by atoms with Crippen LogP contribution in [0.4, 0.5) is 10.5 Å². The first-order valence-corrected chi connectivity index (χ1v) is 10.3. The summed E-state index contributed by atoms with van der Waals surface area (Å²) in [6.45, 7) is 1.02. The molecule has 1 aliphatic heterocycles. The number of nitrogens with one attached hydrogen (secondary N) is 1. The van der Waals surface area contributed by atoms with Crippen LogP contribution >= 0.6 is 0 Å². The number of phenolic OH excluding ortho intramolecular Hbond substituents is 1. The molecule has 0 radical (unpaired) electrons. The highest BCUT2D eigenvalue weighted by Crippen LogP contribution is 2.29. The van der Waals surface area contributed by atoms with Crippen molar-refractivity contribution in [1.82, 2.24) is 9.80 Å². The van der Waals surface area contributed by atoms with Gasteiger partial charge in [0, 0.05) is 37.3 Å². The van der Waals surface area contributed by atoms with E-state index in [2.05, 4.69) is 5.32 Å². The molecule has 1 fully saturated rings. The van der Waals surface area contributed by atoms with Crippen molar-refractivity contribution in [3.05, 3.63) is 72.3 Å². The van der Waals surface area contributed by atoms with Crippen molar-refractivity contribution in [1.29, 1.82) is 0 Å². The number of phenols is 1. The largest absolute Gasteiger partial charge is 0.506 e. The van der Waals surface area contributed by atoms with E-state index in [4.69, 9.17) is 4.74 Å². The average molecular weight is 433 g/mol. The van der Waals surface area contributed by atoms with E-state index in [1.54, 1.807) is 40.1 Å². The molecule has 0 aliphatic carbocycles. The number of benzene rings is 3. The molecule has 0 unspecified atom stereocenters. The number of amides is 3. The van der Waals surface area contributed by atoms with Gasteiger partial charge in [-0.15, -0.1) is 0 Å². The van der Waals surface area contributed by atoms with Crippen LogP contribution in [0.25, 0.3) is 10.8 Å². The van der Waals surface area contributed by atoms with E-state index in [0.29, 0.717) is 37.3 Å². The van der Waals surface area contributed by atoms with Gasteiger partial charge in [0.1, 0.15) is 11.3 Å². The zero-order valence-corrected chi connectivity index (χ0v) is 17.4. The van der Waals surface area contributed by atoms with E-state index < -0.39 is 12.6 Å². The number of ether oxygens (including phenoxy) is 1. The van der Waals surface area contributed by atoms with E-state index in [9.17, 15) is 19.5 Å². The summed E-state index contributed by atoms with van der Waals surface area (Å²) in [4.78, 5) is 40.4. The van der Waals surface area contributed by atoms with Crippen LogP contribution in [0.5, 0.6) is 5.75 Å². The van der Waals surface area contributed by atoms with Gasteiger partial charge < -0.3 is 25.0 Å². The number of carbonyl (C=O) groups excluding carboxylic acids is 3. The number of anilines is 1. The van der Waals surface area contributed by atoms with Crippen LogP contribution in [0, 0.1) is 0 Å². The summed E-state index contributed by atoms with van der Waals surface area (Å²) >= 11 is 0. The molecule has 3 aromatic carbocycles. The summed E-state index contributed by atoms with van der Waals surface area (Å²) < 4.78 is 5.14. The molecular formula is C24H23N3O5. The first-order valence-electron chi connectivity index (χ1n) is 10.3. The third-order valence-corrected chi connectivity index (χ3v) is 5.39. The van der Waals surface area contributed by atoms with Crippen LogP contribution in [-0.4, -0.2) is 65.6 Å². The third-order valence-electron chi connectivity index (χ3n) is 5.39. The number of urea groups is 1. The number of aromatic hydroxyl groups is 1. The van der Waals surface area contributed by atoms with Crippen molar-refractivity contribution in [2.75, 3.05) is 38.1 Å². The fraction of sp³-hybridized carbons (Fsp3) is 0.208. The molecule has 2 N–H and O–H groups in total. The maximum Gasteiger partial charge on any atom is 0.342 e. The molecule has 3 amide bonds. The Hall–Kier alpha value is -4.07. The SMILES string of the molecule is O=C(OCC(=O)N1CCN(C(=O)Nc2ccccc2)CC1)c1ccc2ccccc2c1O. The summed E-state index contributed by atoms with van der Waals surface area (Å²) in [5, 5.41) is 14.5. The number of nitrogens with zero attached hydrogens (tertiary/aromatic N) is 2. The highest BCUT2D eigenvalue weighted by molar-refractivity contribution is 6.01. The Morgan fingerprint density at radius 3 is 2.25 bits per heavy atom. The Morgan fingerprint density at radius 1 is 0.844 bits per heavy atom. The summed E-state index contributed by atoms with van der Waals surface area (Å²) in [5.74, 6) is -1.28. The lowest BCUT2D eigenvalue weighted by molar-refractivity contribution is -0.135. The average Bonchev–Trinajstić information content (AvgIpc) is 2.83. The number of fused-ring (bicyclic) bond motifs is 1. The second-order valence-electron chi connectivity index (χ2n) is 7.42. The van der Waals surface area contributed by atoms with Crippen LogP contribution in [-0.2, 0) is 9.53 Å². The number of para-hydroxylation sites is 1. The van der Waals surface area contributed by atoms with E-state index in [-0.39, 0.29) is 23.3 Å². The predicted octanol–water partition coefficient (Wildman–Crippen LogP) is 3.08. The van der Waals surface area contributed by atoms with E-state index in [0.717, 1.165) is 5.39 Å². The fourth-order valence-electron chi connectivity index (χ4n) is 3.60. The van der Waals surface area contributed by atoms with Crippen molar-refractivity contribution in [2.24, 2.45) is 0 Å². The number of hydrogen-bond acceptors (Lipinski definition) is 5. The van der Waals surface area contributed by atoms with Gasteiger partial charge in [0.25, 0.3) is 5.91 Å². The zero-order valence-electron chi connectivity index (χ0n) is 17.4. The molecule has 4 rings (SSSR count). The van der Waals surface area contributed by atoms with Gasteiger partial charge in [-0.05, 0) is 23.6 Å². The number of hydrogen-bond donors (Lipinski definition) is 2. The van der Waals surface area contributed by atoms with Crippen molar-refractivity contribution in [3.63, 3.8) is 0 Å². The van der Waals surface area contributed by atoms with Crippen molar-refractivity contribution >= 4 is 34.4 Å². The molecule has 1 heterocycles. The second-order valence-corrected chi connectivity index (χ2v) is 7.42. The van der Waals surface area contributed by atoms with Crippen LogP contribution in [0.2, 0.25) is 0 Å². The molecule has 0 atom stereocenters. The minimum absolute atomic E-state index is 0.0129. The summed E-state index contributed by atoms with van der Waals surface area (Å²) in [5.41, 5.74) is 0.721. The van der Waals surface area contributed by atoms with Crippen molar-refractivity contribution in [3.8, 4) is 5.75 Å². The van der Waals surface area contributed by atoms with E-state index >= 15 is 0 Å². The van der Waals surface area contributed by atoms with Crippen molar-refractivity contribution < 1.29 is 24.2 Å². The Balaban J connectivity index is 1.28. The molecular weight excluding hydrogens is 410 g/mol. The molecule has 8 nitrogen and oxygen atoms in total. The van der Waals surface area contributed by atoms with Crippen molar-refractivity contribution in [2.45, 2.75) is 0 Å². The highest BCUT2D eigenvalue weighted by atomic mass is 16.5. The van der Waals surface area contributed by atoms with Gasteiger partial charge >= 0.3 is 12.0 Å². The van der Waals surface area contributed by atoms with Gasteiger partial charge in [0.05, 0.1) is 0 Å². The van der Waals surface area contributed by atoms with E-state index in [1.807, 2.05) is 30.3 Å². The standard InChI is InChI=1S/C24H23N3O5/c28-21(16-32-23(30)20-11-10-17-6-4-5-9-19(17)22(20)29)26-12-14-27(15-13-26)24(31)25-18-7-2-1-3-8-18/h1-11,29H,12-16H2,(H,25,31). The molecule has 32 heavy (non-hydrogen) atoms. The molecule has 0 saturated carbocycles. The minimum atomic E-state index is -0.762. The molecule has 1 saturated heterocycles. The Kier molecular flexibility index (Phi) is 6.21.